The first-order valence-electron chi connectivity index (χ1n) is 6.16. The Labute approximate surface area is 118 Å². The average molecular weight is 294 g/mol. The molecule has 3 aromatic rings. The Bertz CT molecular complexity index is 859. The first-order chi connectivity index (χ1) is 9.52. The molecule has 1 aromatic carbocycles. The van der Waals surface area contributed by atoms with Gasteiger partial charge in [0.25, 0.3) is 0 Å². The maximum atomic E-state index is 14.0. The Kier molecular flexibility index (Phi) is 2.93. The summed E-state index contributed by atoms with van der Waals surface area (Å²) in [7, 11) is 0. The van der Waals surface area contributed by atoms with E-state index in [9.17, 15) is 8.78 Å². The van der Waals surface area contributed by atoms with Crippen LogP contribution in [-0.4, -0.2) is 19.3 Å². The lowest BCUT2D eigenvalue weighted by Gasteiger charge is -2.07. The van der Waals surface area contributed by atoms with Gasteiger partial charge in [-0.15, -0.1) is 0 Å². The number of hydrogen-bond acceptors (Lipinski definition) is 2. The lowest BCUT2D eigenvalue weighted by Crippen LogP contribution is -2.05. The van der Waals surface area contributed by atoms with Gasteiger partial charge in [0.05, 0.1) is 11.4 Å². The molecule has 0 saturated carbocycles. The van der Waals surface area contributed by atoms with Gasteiger partial charge in [-0.25, -0.2) is 13.5 Å². The third kappa shape index (κ3) is 1.77. The normalized spacial score (nSPS) is 11.4. The van der Waals surface area contributed by atoms with Crippen LogP contribution in [0.2, 0.25) is 0 Å². The van der Waals surface area contributed by atoms with Crippen molar-refractivity contribution in [3.8, 4) is 5.69 Å². The lowest BCUT2D eigenvalue weighted by atomic mass is 10.3. The Balaban J connectivity index is 2.44. The first-order valence-corrected chi connectivity index (χ1v) is 6.57. The number of nitrogens with zero attached hydrogens (tertiary/aromatic N) is 3. The van der Waals surface area contributed by atoms with Crippen molar-refractivity contribution in [1.29, 1.82) is 0 Å². The summed E-state index contributed by atoms with van der Waals surface area (Å²) in [5, 5.41) is 4.35. The summed E-state index contributed by atoms with van der Waals surface area (Å²) in [6.45, 7) is 4.37. The maximum absolute atomic E-state index is 14.0. The molecule has 0 aliphatic heterocycles. The Morgan fingerprint density at radius 2 is 2.10 bits per heavy atom. The zero-order chi connectivity index (χ0) is 14.4. The summed E-state index contributed by atoms with van der Waals surface area (Å²) < 4.78 is 30.9. The third-order valence-electron chi connectivity index (χ3n) is 3.20. The van der Waals surface area contributed by atoms with Crippen LogP contribution in [0.25, 0.3) is 16.9 Å². The monoisotopic (exact) mass is 294 g/mol. The highest BCUT2D eigenvalue weighted by Crippen LogP contribution is 2.24. The van der Waals surface area contributed by atoms with Gasteiger partial charge in [0, 0.05) is 12.6 Å². The Morgan fingerprint density at radius 1 is 1.35 bits per heavy atom. The van der Waals surface area contributed by atoms with E-state index in [4.69, 9.17) is 12.2 Å². The van der Waals surface area contributed by atoms with E-state index in [0.29, 0.717) is 17.0 Å². The zero-order valence-electron chi connectivity index (χ0n) is 10.9. The molecule has 0 aliphatic carbocycles. The molecule has 3 rings (SSSR count). The predicted molar refractivity (Wildman–Crippen MR) is 74.6 cm³/mol. The number of H-pyrrole nitrogens is 1. The van der Waals surface area contributed by atoms with Crippen LogP contribution in [0.3, 0.4) is 0 Å². The fourth-order valence-electron chi connectivity index (χ4n) is 2.30. The van der Waals surface area contributed by atoms with Gasteiger partial charge in [-0.05, 0) is 38.2 Å². The van der Waals surface area contributed by atoms with Crippen molar-refractivity contribution < 1.29 is 8.78 Å². The van der Waals surface area contributed by atoms with Crippen molar-refractivity contribution in [1.82, 2.24) is 19.3 Å². The second kappa shape index (κ2) is 4.52. The number of nitrogens with one attached hydrogen (secondary N) is 1. The number of hydrogen-bond donors (Lipinski definition) is 1. The number of rotatable bonds is 2. The van der Waals surface area contributed by atoms with Gasteiger partial charge in [0.15, 0.2) is 10.4 Å². The van der Waals surface area contributed by atoms with Crippen LogP contribution in [0.5, 0.6) is 0 Å². The van der Waals surface area contributed by atoms with Crippen molar-refractivity contribution in [2.75, 3.05) is 0 Å². The van der Waals surface area contributed by atoms with Crippen molar-refractivity contribution in [2.45, 2.75) is 20.4 Å². The number of aryl methyl sites for hydroxylation is 2. The standard InChI is InChI=1S/C13H12F2N4S/c1-3-18-12-11(7(2)17-18)16-13(20)19(12)10-6-8(14)4-5-9(10)15/h4-6H,3H2,1-2H3,(H,16,20). The average Bonchev–Trinajstić information content (AvgIpc) is 2.90. The SMILES string of the molecule is CCn1nc(C)c2[nH]c(=S)n(-c3cc(F)ccc3F)c21. The molecule has 20 heavy (non-hydrogen) atoms. The number of halogens is 2. The largest absolute Gasteiger partial charge is 0.327 e. The number of aromatic amines is 1. The van der Waals surface area contributed by atoms with Crippen molar-refractivity contribution >= 4 is 23.4 Å². The summed E-state index contributed by atoms with van der Waals surface area (Å²) >= 11 is 5.24. The fraction of sp³-hybridized carbons (Fsp3) is 0.231. The molecule has 7 heteroatoms. The van der Waals surface area contributed by atoms with Gasteiger partial charge in [-0.3, -0.25) is 4.57 Å². The van der Waals surface area contributed by atoms with Crippen molar-refractivity contribution in [2.24, 2.45) is 0 Å². The van der Waals surface area contributed by atoms with Crippen LogP contribution in [0, 0.1) is 23.3 Å². The smallest absolute Gasteiger partial charge is 0.184 e. The molecular formula is C13H12F2N4S. The molecule has 0 radical (unpaired) electrons. The number of benzene rings is 1. The molecule has 2 heterocycles. The van der Waals surface area contributed by atoms with Gasteiger partial charge >= 0.3 is 0 Å². The maximum Gasteiger partial charge on any atom is 0.184 e. The molecule has 0 aliphatic rings. The number of fused-ring (bicyclic) bond motifs is 1. The van der Waals surface area contributed by atoms with Crippen molar-refractivity contribution in [3.63, 3.8) is 0 Å². The molecular weight excluding hydrogens is 282 g/mol. The van der Waals surface area contributed by atoms with E-state index in [0.717, 1.165) is 29.4 Å². The highest BCUT2D eigenvalue weighted by molar-refractivity contribution is 7.71. The Hall–Kier alpha value is -2.02. The molecule has 2 aromatic heterocycles. The first kappa shape index (κ1) is 13.0. The quantitative estimate of drug-likeness (QED) is 0.735. The minimum absolute atomic E-state index is 0.0795. The Morgan fingerprint density at radius 3 is 2.80 bits per heavy atom. The molecule has 0 unspecified atom stereocenters. The van der Waals surface area contributed by atoms with Crippen molar-refractivity contribution in [3.05, 3.63) is 40.3 Å². The van der Waals surface area contributed by atoms with E-state index < -0.39 is 11.6 Å². The number of imidazole rings is 1. The second-order valence-electron chi connectivity index (χ2n) is 4.46. The molecule has 0 amide bonds. The fourth-order valence-corrected chi connectivity index (χ4v) is 2.59. The van der Waals surface area contributed by atoms with Gasteiger partial charge in [-0.1, -0.05) is 0 Å². The third-order valence-corrected chi connectivity index (χ3v) is 3.48. The second-order valence-corrected chi connectivity index (χ2v) is 4.85. The minimum Gasteiger partial charge on any atom is -0.327 e. The van der Waals surface area contributed by atoms with Crippen LogP contribution in [-0.2, 0) is 6.54 Å². The summed E-state index contributed by atoms with van der Waals surface area (Å²) in [6.07, 6.45) is 0. The van der Waals surface area contributed by atoms with Gasteiger partial charge in [-0.2, -0.15) is 5.10 Å². The molecule has 0 fully saturated rings. The molecule has 0 spiro atoms. The molecule has 0 bridgehead atoms. The van der Waals surface area contributed by atoms with E-state index in [-0.39, 0.29) is 5.69 Å². The van der Waals surface area contributed by atoms with E-state index in [2.05, 4.69) is 10.1 Å². The zero-order valence-corrected chi connectivity index (χ0v) is 11.8. The molecule has 4 nitrogen and oxygen atoms in total. The molecule has 104 valence electrons. The molecule has 0 atom stereocenters. The minimum atomic E-state index is -0.537. The highest BCUT2D eigenvalue weighted by atomic mass is 32.1. The van der Waals surface area contributed by atoms with Crippen LogP contribution < -0.4 is 0 Å². The van der Waals surface area contributed by atoms with Crippen LogP contribution >= 0.6 is 12.2 Å². The van der Waals surface area contributed by atoms with Gasteiger partial charge < -0.3 is 4.98 Å². The van der Waals surface area contributed by atoms with E-state index >= 15 is 0 Å². The highest BCUT2D eigenvalue weighted by Gasteiger charge is 2.17. The topological polar surface area (TPSA) is 38.5 Å². The number of aromatic nitrogens is 4. The van der Waals surface area contributed by atoms with Crippen LogP contribution in [0.15, 0.2) is 18.2 Å². The van der Waals surface area contributed by atoms with E-state index in [1.54, 1.807) is 4.68 Å². The van der Waals surface area contributed by atoms with Crippen LogP contribution in [0.1, 0.15) is 12.6 Å². The molecule has 0 saturated heterocycles. The summed E-state index contributed by atoms with van der Waals surface area (Å²) in [4.78, 5) is 3.00. The molecule has 1 N–H and O–H groups in total. The van der Waals surface area contributed by atoms with Crippen LogP contribution in [0.4, 0.5) is 8.78 Å². The lowest BCUT2D eigenvalue weighted by molar-refractivity contribution is 0.590. The summed E-state index contributed by atoms with van der Waals surface area (Å²) in [5.41, 5.74) is 2.22. The van der Waals surface area contributed by atoms with Gasteiger partial charge in [0.2, 0.25) is 0 Å². The van der Waals surface area contributed by atoms with E-state index in [1.165, 1.54) is 4.57 Å². The van der Waals surface area contributed by atoms with E-state index in [1.807, 2.05) is 13.8 Å². The summed E-state index contributed by atoms with van der Waals surface area (Å²) in [5.74, 6) is -1.05. The van der Waals surface area contributed by atoms with Gasteiger partial charge in [0.1, 0.15) is 17.2 Å². The predicted octanol–water partition coefficient (Wildman–Crippen LogP) is 3.49. The summed E-state index contributed by atoms with van der Waals surface area (Å²) in [6, 6.07) is 3.29.